The van der Waals surface area contributed by atoms with Crippen molar-refractivity contribution in [3.05, 3.63) is 24.0 Å². The molecule has 1 N–H and O–H groups in total. The normalized spacial score (nSPS) is 20.2. The largest absolute Gasteiger partial charge is 0.373 e. The molecule has 2 heterocycles. The molecule has 0 saturated carbocycles. The third-order valence-electron chi connectivity index (χ3n) is 2.14. The van der Waals surface area contributed by atoms with Gasteiger partial charge in [-0.2, -0.15) is 0 Å². The minimum absolute atomic E-state index is 0.153. The van der Waals surface area contributed by atoms with Crippen molar-refractivity contribution in [2.75, 3.05) is 4.90 Å². The SMILES string of the molecule is CC(=O)N1c2cccnc2CC1O. The molecule has 0 radical (unpaired) electrons. The molecule has 0 spiro atoms. The molecule has 2 rings (SSSR count). The number of rotatable bonds is 0. The summed E-state index contributed by atoms with van der Waals surface area (Å²) in [5.74, 6) is -0.153. The van der Waals surface area contributed by atoms with Gasteiger partial charge in [-0.1, -0.05) is 0 Å². The van der Waals surface area contributed by atoms with Gasteiger partial charge in [0.05, 0.1) is 11.4 Å². The van der Waals surface area contributed by atoms with Crippen LogP contribution in [0.5, 0.6) is 0 Å². The van der Waals surface area contributed by atoms with Gasteiger partial charge in [0.25, 0.3) is 0 Å². The Morgan fingerprint density at radius 2 is 2.54 bits per heavy atom. The molecule has 1 aliphatic heterocycles. The second-order valence-corrected chi connectivity index (χ2v) is 3.04. The molecule has 4 nitrogen and oxygen atoms in total. The van der Waals surface area contributed by atoms with E-state index in [9.17, 15) is 9.90 Å². The van der Waals surface area contributed by atoms with E-state index >= 15 is 0 Å². The van der Waals surface area contributed by atoms with Crippen molar-refractivity contribution in [2.24, 2.45) is 0 Å². The zero-order valence-corrected chi connectivity index (χ0v) is 7.27. The molecule has 0 fully saturated rings. The van der Waals surface area contributed by atoms with Crippen LogP contribution in [0.1, 0.15) is 12.6 Å². The Labute approximate surface area is 75.8 Å². The Morgan fingerprint density at radius 1 is 1.77 bits per heavy atom. The third kappa shape index (κ3) is 1.19. The first kappa shape index (κ1) is 8.19. The number of aromatic nitrogens is 1. The van der Waals surface area contributed by atoms with Gasteiger partial charge in [-0.3, -0.25) is 14.7 Å². The minimum atomic E-state index is -0.748. The van der Waals surface area contributed by atoms with Crippen molar-refractivity contribution in [2.45, 2.75) is 19.6 Å². The fourth-order valence-electron chi connectivity index (χ4n) is 1.61. The number of hydrogen-bond acceptors (Lipinski definition) is 3. The number of carbonyl (C=O) groups is 1. The molecule has 0 aliphatic carbocycles. The van der Waals surface area contributed by atoms with Crippen molar-refractivity contribution in [3.8, 4) is 0 Å². The molecule has 1 aromatic heterocycles. The van der Waals surface area contributed by atoms with Gasteiger partial charge in [0.2, 0.25) is 5.91 Å². The average Bonchev–Trinajstić information content (AvgIpc) is 2.39. The van der Waals surface area contributed by atoms with Gasteiger partial charge in [-0.15, -0.1) is 0 Å². The van der Waals surface area contributed by atoms with Gasteiger partial charge in [0.15, 0.2) is 0 Å². The molecule has 13 heavy (non-hydrogen) atoms. The molecule has 1 amide bonds. The van der Waals surface area contributed by atoms with Gasteiger partial charge < -0.3 is 5.11 Å². The average molecular weight is 178 g/mol. The monoisotopic (exact) mass is 178 g/mol. The zero-order valence-electron chi connectivity index (χ0n) is 7.27. The van der Waals surface area contributed by atoms with Crippen molar-refractivity contribution >= 4 is 11.6 Å². The van der Waals surface area contributed by atoms with E-state index < -0.39 is 6.23 Å². The number of pyridine rings is 1. The van der Waals surface area contributed by atoms with Crippen molar-refractivity contribution in [1.29, 1.82) is 0 Å². The molecule has 4 heteroatoms. The molecular formula is C9H10N2O2. The number of aliphatic hydroxyl groups excluding tert-OH is 1. The topological polar surface area (TPSA) is 53.4 Å². The van der Waals surface area contributed by atoms with Crippen LogP contribution >= 0.6 is 0 Å². The van der Waals surface area contributed by atoms with Crippen molar-refractivity contribution < 1.29 is 9.90 Å². The van der Waals surface area contributed by atoms with E-state index in [2.05, 4.69) is 4.98 Å². The minimum Gasteiger partial charge on any atom is -0.373 e. The molecule has 0 aromatic carbocycles. The van der Waals surface area contributed by atoms with E-state index in [0.717, 1.165) is 11.4 Å². The second kappa shape index (κ2) is 2.81. The molecule has 1 aromatic rings. The van der Waals surface area contributed by atoms with Crippen LogP contribution in [0.25, 0.3) is 0 Å². The Bertz CT molecular complexity index is 351. The smallest absolute Gasteiger partial charge is 0.226 e. The maximum absolute atomic E-state index is 11.2. The maximum atomic E-state index is 11.2. The summed E-state index contributed by atoms with van der Waals surface area (Å²) >= 11 is 0. The van der Waals surface area contributed by atoms with Crippen LogP contribution in [0.15, 0.2) is 18.3 Å². The van der Waals surface area contributed by atoms with Crippen LogP contribution in [-0.2, 0) is 11.2 Å². The summed E-state index contributed by atoms with van der Waals surface area (Å²) in [4.78, 5) is 16.6. The van der Waals surface area contributed by atoms with Crippen molar-refractivity contribution in [3.63, 3.8) is 0 Å². The number of fused-ring (bicyclic) bond motifs is 1. The summed E-state index contributed by atoms with van der Waals surface area (Å²) in [6.07, 6.45) is 1.34. The highest BCUT2D eigenvalue weighted by atomic mass is 16.3. The lowest BCUT2D eigenvalue weighted by atomic mass is 10.3. The first-order chi connectivity index (χ1) is 6.20. The van der Waals surface area contributed by atoms with E-state index in [1.54, 1.807) is 18.3 Å². The van der Waals surface area contributed by atoms with Gasteiger partial charge in [0, 0.05) is 19.5 Å². The lowest BCUT2D eigenvalue weighted by molar-refractivity contribution is -0.118. The number of hydrogen-bond donors (Lipinski definition) is 1. The number of carbonyl (C=O) groups excluding carboxylic acids is 1. The van der Waals surface area contributed by atoms with Crippen LogP contribution in [0, 0.1) is 0 Å². The van der Waals surface area contributed by atoms with E-state index in [1.165, 1.54) is 11.8 Å². The van der Waals surface area contributed by atoms with E-state index in [4.69, 9.17) is 0 Å². The van der Waals surface area contributed by atoms with Crippen molar-refractivity contribution in [1.82, 2.24) is 4.98 Å². The highest BCUT2D eigenvalue weighted by molar-refractivity contribution is 5.93. The van der Waals surface area contributed by atoms with Crippen LogP contribution in [0.3, 0.4) is 0 Å². The predicted molar refractivity (Wildman–Crippen MR) is 47.1 cm³/mol. The Balaban J connectivity index is 2.46. The van der Waals surface area contributed by atoms with Crippen LogP contribution in [0.2, 0.25) is 0 Å². The molecule has 0 bridgehead atoms. The summed E-state index contributed by atoms with van der Waals surface area (Å²) in [6.45, 7) is 1.44. The van der Waals surface area contributed by atoms with Crippen LogP contribution in [-0.4, -0.2) is 22.2 Å². The van der Waals surface area contributed by atoms with E-state index in [1.807, 2.05) is 0 Å². The maximum Gasteiger partial charge on any atom is 0.226 e. The zero-order chi connectivity index (χ0) is 9.42. The van der Waals surface area contributed by atoms with Crippen LogP contribution < -0.4 is 4.90 Å². The van der Waals surface area contributed by atoms with Gasteiger partial charge in [0.1, 0.15) is 6.23 Å². The lowest BCUT2D eigenvalue weighted by Crippen LogP contribution is -2.35. The molecule has 68 valence electrons. The molecule has 1 unspecified atom stereocenters. The fraction of sp³-hybridized carbons (Fsp3) is 0.333. The first-order valence-electron chi connectivity index (χ1n) is 4.12. The Hall–Kier alpha value is -1.42. The van der Waals surface area contributed by atoms with Crippen LogP contribution in [0.4, 0.5) is 5.69 Å². The van der Waals surface area contributed by atoms with E-state index in [-0.39, 0.29) is 5.91 Å². The number of nitrogens with zero attached hydrogens (tertiary/aromatic N) is 2. The Morgan fingerprint density at radius 3 is 3.23 bits per heavy atom. The molecule has 1 atom stereocenters. The third-order valence-corrected chi connectivity index (χ3v) is 2.14. The van der Waals surface area contributed by atoms with Gasteiger partial charge in [-0.25, -0.2) is 0 Å². The summed E-state index contributed by atoms with van der Waals surface area (Å²) in [5.41, 5.74) is 1.51. The first-order valence-corrected chi connectivity index (χ1v) is 4.12. The summed E-state index contributed by atoms with van der Waals surface area (Å²) in [7, 11) is 0. The van der Waals surface area contributed by atoms with Gasteiger partial charge >= 0.3 is 0 Å². The molecule has 1 aliphatic rings. The predicted octanol–water partition coefficient (Wildman–Crippen LogP) is 0.309. The highest BCUT2D eigenvalue weighted by Gasteiger charge is 2.30. The number of anilines is 1. The number of aliphatic hydroxyl groups is 1. The van der Waals surface area contributed by atoms with E-state index in [0.29, 0.717) is 6.42 Å². The standard InChI is InChI=1S/C9H10N2O2/c1-6(12)11-8-3-2-4-10-7(8)5-9(11)13/h2-4,9,13H,5H2,1H3. The fourth-order valence-corrected chi connectivity index (χ4v) is 1.61. The summed E-state index contributed by atoms with van der Waals surface area (Å²) in [6, 6.07) is 3.55. The molecular weight excluding hydrogens is 168 g/mol. The quantitative estimate of drug-likeness (QED) is 0.622. The highest BCUT2D eigenvalue weighted by Crippen LogP contribution is 2.28. The number of amides is 1. The van der Waals surface area contributed by atoms with Gasteiger partial charge in [-0.05, 0) is 12.1 Å². The lowest BCUT2D eigenvalue weighted by Gasteiger charge is -2.18. The second-order valence-electron chi connectivity index (χ2n) is 3.04. The molecule has 0 saturated heterocycles. The Kier molecular flexibility index (Phi) is 1.77. The summed E-state index contributed by atoms with van der Waals surface area (Å²) < 4.78 is 0. The summed E-state index contributed by atoms with van der Waals surface area (Å²) in [5, 5.41) is 9.55.